The van der Waals surface area contributed by atoms with E-state index in [9.17, 15) is 9.90 Å². The van der Waals surface area contributed by atoms with Gasteiger partial charge >= 0.3 is 0 Å². The number of hydrogen-bond acceptors (Lipinski definition) is 3. The molecule has 4 nitrogen and oxygen atoms in total. The predicted octanol–water partition coefficient (Wildman–Crippen LogP) is 1.65. The van der Waals surface area contributed by atoms with Gasteiger partial charge in [0.25, 0.3) is 0 Å². The van der Waals surface area contributed by atoms with Crippen molar-refractivity contribution in [3.8, 4) is 5.75 Å². The van der Waals surface area contributed by atoms with Crippen molar-refractivity contribution < 1.29 is 14.6 Å². The van der Waals surface area contributed by atoms with Gasteiger partial charge in [-0.25, -0.2) is 0 Å². The van der Waals surface area contributed by atoms with Crippen molar-refractivity contribution in [1.29, 1.82) is 0 Å². The summed E-state index contributed by atoms with van der Waals surface area (Å²) >= 11 is 0. The van der Waals surface area contributed by atoms with Crippen LogP contribution in [0, 0.1) is 6.92 Å². The molecule has 0 atom stereocenters. The van der Waals surface area contributed by atoms with Crippen LogP contribution in [0.5, 0.6) is 5.75 Å². The number of carbonyl (C=O) groups is 1. The number of nitrogens with one attached hydrogen (secondary N) is 1. The van der Waals surface area contributed by atoms with Crippen molar-refractivity contribution in [1.82, 2.24) is 5.32 Å². The molecule has 0 aliphatic carbocycles. The lowest BCUT2D eigenvalue weighted by atomic mass is 10.1. The van der Waals surface area contributed by atoms with Gasteiger partial charge in [0, 0.05) is 6.54 Å². The molecule has 0 unspecified atom stereocenters. The van der Waals surface area contributed by atoms with Crippen LogP contribution in [0.15, 0.2) is 24.3 Å². The summed E-state index contributed by atoms with van der Waals surface area (Å²) in [6, 6.07) is 7.68. The smallest absolute Gasteiger partial charge is 0.223 e. The van der Waals surface area contributed by atoms with Crippen molar-refractivity contribution in [3.05, 3.63) is 29.8 Å². The SMILES string of the molecule is Cc1ccc(OCCC(=O)NCC(C)(C)O)cc1. The zero-order valence-corrected chi connectivity index (χ0v) is 11.2. The molecule has 1 rings (SSSR count). The van der Waals surface area contributed by atoms with E-state index in [2.05, 4.69) is 5.32 Å². The van der Waals surface area contributed by atoms with E-state index in [1.54, 1.807) is 13.8 Å². The quantitative estimate of drug-likeness (QED) is 0.808. The van der Waals surface area contributed by atoms with Gasteiger partial charge in [-0.2, -0.15) is 0 Å². The van der Waals surface area contributed by atoms with Crippen molar-refractivity contribution in [2.24, 2.45) is 0 Å². The van der Waals surface area contributed by atoms with Crippen LogP contribution in [0.3, 0.4) is 0 Å². The van der Waals surface area contributed by atoms with Crippen LogP contribution in [-0.2, 0) is 4.79 Å². The first-order valence-corrected chi connectivity index (χ1v) is 6.05. The van der Waals surface area contributed by atoms with E-state index in [1.165, 1.54) is 5.56 Å². The largest absolute Gasteiger partial charge is 0.493 e. The van der Waals surface area contributed by atoms with E-state index >= 15 is 0 Å². The Morgan fingerprint density at radius 1 is 1.33 bits per heavy atom. The van der Waals surface area contributed by atoms with Crippen molar-refractivity contribution >= 4 is 5.91 Å². The molecule has 1 amide bonds. The number of benzene rings is 1. The highest BCUT2D eigenvalue weighted by Gasteiger charge is 2.13. The van der Waals surface area contributed by atoms with Crippen molar-refractivity contribution in [3.63, 3.8) is 0 Å². The third-order valence-electron chi connectivity index (χ3n) is 2.34. The monoisotopic (exact) mass is 251 g/mol. The van der Waals surface area contributed by atoms with Gasteiger partial charge in [-0.15, -0.1) is 0 Å². The summed E-state index contributed by atoms with van der Waals surface area (Å²) in [5.74, 6) is 0.639. The minimum absolute atomic E-state index is 0.121. The molecule has 1 aromatic rings. The molecular weight excluding hydrogens is 230 g/mol. The predicted molar refractivity (Wildman–Crippen MR) is 70.6 cm³/mol. The molecular formula is C14H21NO3. The Morgan fingerprint density at radius 2 is 1.94 bits per heavy atom. The van der Waals surface area contributed by atoms with Gasteiger partial charge in [0.2, 0.25) is 5.91 Å². The standard InChI is InChI=1S/C14H21NO3/c1-11-4-6-12(7-5-11)18-9-8-13(16)15-10-14(2,3)17/h4-7,17H,8-10H2,1-3H3,(H,15,16). The second-order valence-corrected chi connectivity index (χ2v) is 5.00. The van der Waals surface area contributed by atoms with E-state index in [4.69, 9.17) is 4.74 Å². The van der Waals surface area contributed by atoms with Crippen molar-refractivity contribution in [2.45, 2.75) is 32.8 Å². The molecule has 1 aromatic carbocycles. The topological polar surface area (TPSA) is 58.6 Å². The lowest BCUT2D eigenvalue weighted by molar-refractivity contribution is -0.122. The average molecular weight is 251 g/mol. The Balaban J connectivity index is 2.21. The summed E-state index contributed by atoms with van der Waals surface area (Å²) in [6.45, 7) is 5.89. The summed E-state index contributed by atoms with van der Waals surface area (Å²) in [4.78, 5) is 11.4. The Morgan fingerprint density at radius 3 is 2.50 bits per heavy atom. The third kappa shape index (κ3) is 6.25. The van der Waals surface area contributed by atoms with Crippen LogP contribution in [0.1, 0.15) is 25.8 Å². The molecule has 0 radical (unpaired) electrons. The minimum atomic E-state index is -0.881. The normalized spacial score (nSPS) is 11.1. The summed E-state index contributed by atoms with van der Waals surface area (Å²) in [6.07, 6.45) is 0.282. The Bertz CT molecular complexity index is 379. The third-order valence-corrected chi connectivity index (χ3v) is 2.34. The fourth-order valence-electron chi connectivity index (χ4n) is 1.30. The first kappa shape index (κ1) is 14.5. The first-order valence-electron chi connectivity index (χ1n) is 6.05. The summed E-state index contributed by atoms with van der Waals surface area (Å²) in [7, 11) is 0. The molecule has 18 heavy (non-hydrogen) atoms. The van der Waals surface area contributed by atoms with Crippen LogP contribution in [0.25, 0.3) is 0 Å². The van der Waals surface area contributed by atoms with Gasteiger partial charge in [-0.05, 0) is 32.9 Å². The number of rotatable bonds is 6. The van der Waals surface area contributed by atoms with Crippen LogP contribution in [0.4, 0.5) is 0 Å². The first-order chi connectivity index (χ1) is 8.37. The van der Waals surface area contributed by atoms with Crippen LogP contribution >= 0.6 is 0 Å². The van der Waals surface area contributed by atoms with Crippen LogP contribution < -0.4 is 10.1 Å². The molecule has 0 aromatic heterocycles. The molecule has 0 saturated carbocycles. The molecule has 0 heterocycles. The van der Waals surface area contributed by atoms with Gasteiger partial charge in [0.15, 0.2) is 0 Å². The van der Waals surface area contributed by atoms with E-state index < -0.39 is 5.60 Å². The van der Waals surface area contributed by atoms with Gasteiger partial charge in [0.05, 0.1) is 18.6 Å². The molecule has 0 fully saturated rings. The van der Waals surface area contributed by atoms with E-state index in [0.717, 1.165) is 5.75 Å². The van der Waals surface area contributed by atoms with E-state index in [1.807, 2.05) is 31.2 Å². The van der Waals surface area contributed by atoms with Crippen molar-refractivity contribution in [2.75, 3.05) is 13.2 Å². The van der Waals surface area contributed by atoms with Gasteiger partial charge in [0.1, 0.15) is 5.75 Å². The second-order valence-electron chi connectivity index (χ2n) is 5.00. The van der Waals surface area contributed by atoms with E-state index in [0.29, 0.717) is 6.61 Å². The Hall–Kier alpha value is -1.55. The van der Waals surface area contributed by atoms with E-state index in [-0.39, 0.29) is 18.9 Å². The number of ether oxygens (including phenoxy) is 1. The molecule has 0 saturated heterocycles. The fourth-order valence-corrected chi connectivity index (χ4v) is 1.30. The molecule has 0 aliphatic rings. The second kappa shape index (κ2) is 6.40. The highest BCUT2D eigenvalue weighted by atomic mass is 16.5. The highest BCUT2D eigenvalue weighted by molar-refractivity contribution is 5.76. The lowest BCUT2D eigenvalue weighted by Gasteiger charge is -2.17. The Labute approximate surface area is 108 Å². The Kier molecular flexibility index (Phi) is 5.16. The molecule has 0 spiro atoms. The number of carbonyl (C=O) groups excluding carboxylic acids is 1. The molecule has 2 N–H and O–H groups in total. The number of aliphatic hydroxyl groups is 1. The zero-order chi connectivity index (χ0) is 13.6. The minimum Gasteiger partial charge on any atom is -0.493 e. The maximum Gasteiger partial charge on any atom is 0.223 e. The molecule has 0 bridgehead atoms. The van der Waals surface area contributed by atoms with Crippen LogP contribution in [0.2, 0.25) is 0 Å². The average Bonchev–Trinajstić information content (AvgIpc) is 2.28. The summed E-state index contributed by atoms with van der Waals surface area (Å²) in [5, 5.41) is 12.1. The van der Waals surface area contributed by atoms with Gasteiger partial charge in [-0.3, -0.25) is 4.79 Å². The van der Waals surface area contributed by atoms with Gasteiger partial charge < -0.3 is 15.2 Å². The number of amides is 1. The summed E-state index contributed by atoms with van der Waals surface area (Å²) in [5.41, 5.74) is 0.290. The number of aryl methyl sites for hydroxylation is 1. The number of hydrogen-bond donors (Lipinski definition) is 2. The van der Waals surface area contributed by atoms with Crippen LogP contribution in [-0.4, -0.2) is 29.8 Å². The maximum absolute atomic E-state index is 11.4. The van der Waals surface area contributed by atoms with Gasteiger partial charge in [-0.1, -0.05) is 17.7 Å². The molecule has 0 aliphatic heterocycles. The zero-order valence-electron chi connectivity index (χ0n) is 11.2. The molecule has 4 heteroatoms. The highest BCUT2D eigenvalue weighted by Crippen LogP contribution is 2.11. The maximum atomic E-state index is 11.4. The fraction of sp³-hybridized carbons (Fsp3) is 0.500. The lowest BCUT2D eigenvalue weighted by Crippen LogP contribution is -2.38. The summed E-state index contributed by atoms with van der Waals surface area (Å²) < 4.78 is 5.44. The molecule has 100 valence electrons.